The molecule has 2 aromatic heterocycles. The normalized spacial score (nSPS) is 11.5. The number of aromatic nitrogens is 4. The maximum Gasteiger partial charge on any atom is 0.226 e. The van der Waals surface area contributed by atoms with Gasteiger partial charge in [0, 0.05) is 37.2 Å². The van der Waals surface area contributed by atoms with E-state index >= 15 is 0 Å². The first-order valence-electron chi connectivity index (χ1n) is 11.6. The molecular weight excluding hydrogens is 426 g/mol. The molecule has 0 aliphatic rings. The first-order valence-corrected chi connectivity index (χ1v) is 11.6. The Hall–Kier alpha value is -3.74. The van der Waals surface area contributed by atoms with Gasteiger partial charge in [-0.05, 0) is 34.7 Å². The number of carbonyl (C=O) groups excluding carboxylic acids is 1. The maximum atomic E-state index is 12.4. The van der Waals surface area contributed by atoms with Crippen molar-refractivity contribution in [2.45, 2.75) is 58.5 Å². The summed E-state index contributed by atoms with van der Waals surface area (Å²) in [7, 11) is 0. The van der Waals surface area contributed by atoms with Crippen LogP contribution in [0.1, 0.15) is 56.5 Å². The Balaban J connectivity index is 1.30. The van der Waals surface area contributed by atoms with Crippen LogP contribution < -0.4 is 5.32 Å². The van der Waals surface area contributed by atoms with Crippen LogP contribution >= 0.6 is 0 Å². The van der Waals surface area contributed by atoms with E-state index in [1.54, 1.807) is 6.20 Å². The Kier molecular flexibility index (Phi) is 7.21. The maximum absolute atomic E-state index is 12.4. The lowest BCUT2D eigenvalue weighted by molar-refractivity contribution is -0.121. The fourth-order valence-corrected chi connectivity index (χ4v) is 3.67. The zero-order chi connectivity index (χ0) is 24.0. The van der Waals surface area contributed by atoms with Gasteiger partial charge >= 0.3 is 0 Å². The van der Waals surface area contributed by atoms with E-state index < -0.39 is 0 Å². The highest BCUT2D eigenvalue weighted by atomic mass is 16.5. The number of hydrogen-bond donors (Lipinski definition) is 1. The molecule has 0 aliphatic carbocycles. The van der Waals surface area contributed by atoms with Gasteiger partial charge in [0.25, 0.3) is 0 Å². The van der Waals surface area contributed by atoms with Gasteiger partial charge in [-0.3, -0.25) is 9.48 Å². The first kappa shape index (κ1) is 23.4. The number of hydrogen-bond acceptors (Lipinski definition) is 5. The summed E-state index contributed by atoms with van der Waals surface area (Å²) < 4.78 is 7.21. The number of aryl methyl sites for hydroxylation is 1. The van der Waals surface area contributed by atoms with Crippen molar-refractivity contribution < 1.29 is 9.32 Å². The van der Waals surface area contributed by atoms with E-state index in [0.717, 1.165) is 23.2 Å². The van der Waals surface area contributed by atoms with Crippen LogP contribution in [0, 0.1) is 0 Å². The van der Waals surface area contributed by atoms with Crippen LogP contribution in [0.3, 0.4) is 0 Å². The number of rotatable bonds is 9. The Morgan fingerprint density at radius 3 is 2.56 bits per heavy atom. The molecule has 0 radical (unpaired) electrons. The van der Waals surface area contributed by atoms with Crippen molar-refractivity contribution >= 4 is 5.91 Å². The van der Waals surface area contributed by atoms with Crippen molar-refractivity contribution in [3.05, 3.63) is 89.8 Å². The second kappa shape index (κ2) is 10.5. The van der Waals surface area contributed by atoms with Gasteiger partial charge in [-0.25, -0.2) is 0 Å². The number of benzene rings is 2. The predicted octanol–water partition coefficient (Wildman–Crippen LogP) is 4.92. The molecule has 0 unspecified atom stereocenters. The Morgan fingerprint density at radius 2 is 1.85 bits per heavy atom. The van der Waals surface area contributed by atoms with Crippen molar-refractivity contribution in [1.29, 1.82) is 0 Å². The minimum absolute atomic E-state index is 0.0138. The Bertz CT molecular complexity index is 1200. The average molecular weight is 458 g/mol. The second-order valence-corrected chi connectivity index (χ2v) is 9.45. The largest absolute Gasteiger partial charge is 0.352 e. The molecule has 0 atom stereocenters. The molecule has 176 valence electrons. The second-order valence-electron chi connectivity index (χ2n) is 9.45. The summed E-state index contributed by atoms with van der Waals surface area (Å²) in [5, 5.41) is 11.3. The summed E-state index contributed by atoms with van der Waals surface area (Å²) in [6.45, 7) is 7.36. The lowest BCUT2D eigenvalue weighted by Gasteiger charge is -2.12. The predicted molar refractivity (Wildman–Crippen MR) is 131 cm³/mol. The fraction of sp³-hybridized carbons (Fsp3) is 0.333. The van der Waals surface area contributed by atoms with E-state index in [0.29, 0.717) is 37.5 Å². The monoisotopic (exact) mass is 457 g/mol. The van der Waals surface area contributed by atoms with Crippen LogP contribution in [0.25, 0.3) is 11.1 Å². The third-order valence-electron chi connectivity index (χ3n) is 5.60. The highest BCUT2D eigenvalue weighted by Crippen LogP contribution is 2.24. The summed E-state index contributed by atoms with van der Waals surface area (Å²) >= 11 is 0. The van der Waals surface area contributed by atoms with E-state index in [9.17, 15) is 4.79 Å². The van der Waals surface area contributed by atoms with Crippen molar-refractivity contribution in [3.8, 4) is 11.1 Å². The van der Waals surface area contributed by atoms with Crippen LogP contribution in [0.4, 0.5) is 0 Å². The van der Waals surface area contributed by atoms with Gasteiger partial charge in [0.1, 0.15) is 0 Å². The van der Waals surface area contributed by atoms with Crippen LogP contribution in [0.5, 0.6) is 0 Å². The van der Waals surface area contributed by atoms with Crippen LogP contribution in [0.15, 0.2) is 71.5 Å². The molecule has 0 aliphatic heterocycles. The quantitative estimate of drug-likeness (QED) is 0.386. The summed E-state index contributed by atoms with van der Waals surface area (Å²) in [4.78, 5) is 16.9. The lowest BCUT2D eigenvalue weighted by Crippen LogP contribution is -2.22. The van der Waals surface area contributed by atoms with Gasteiger partial charge in [-0.2, -0.15) is 10.1 Å². The highest BCUT2D eigenvalue weighted by molar-refractivity contribution is 5.76. The molecule has 34 heavy (non-hydrogen) atoms. The molecule has 2 heterocycles. The van der Waals surface area contributed by atoms with E-state index in [2.05, 4.69) is 57.0 Å². The third kappa shape index (κ3) is 6.19. The molecule has 0 bridgehead atoms. The van der Waals surface area contributed by atoms with Gasteiger partial charge in [0.15, 0.2) is 5.82 Å². The molecule has 1 amide bonds. The molecule has 4 rings (SSSR count). The number of carbonyl (C=O) groups is 1. The summed E-state index contributed by atoms with van der Waals surface area (Å²) in [5.74, 6) is 1.29. The molecule has 0 fully saturated rings. The van der Waals surface area contributed by atoms with Crippen molar-refractivity contribution in [3.63, 3.8) is 0 Å². The van der Waals surface area contributed by atoms with Gasteiger partial charge in [-0.15, -0.1) is 0 Å². The smallest absolute Gasteiger partial charge is 0.226 e. The van der Waals surface area contributed by atoms with E-state index in [1.165, 1.54) is 5.56 Å². The molecule has 0 saturated carbocycles. The fourth-order valence-electron chi connectivity index (χ4n) is 3.67. The third-order valence-corrected chi connectivity index (χ3v) is 5.60. The molecule has 4 aromatic rings. The van der Waals surface area contributed by atoms with Crippen molar-refractivity contribution in [2.24, 2.45) is 0 Å². The zero-order valence-corrected chi connectivity index (χ0v) is 20.0. The molecule has 2 aromatic carbocycles. The summed E-state index contributed by atoms with van der Waals surface area (Å²) in [6.07, 6.45) is 5.41. The van der Waals surface area contributed by atoms with Crippen molar-refractivity contribution in [2.75, 3.05) is 0 Å². The van der Waals surface area contributed by atoms with Gasteiger partial charge < -0.3 is 9.84 Å². The Labute approximate surface area is 200 Å². The number of amides is 1. The van der Waals surface area contributed by atoms with Crippen LogP contribution in [-0.2, 0) is 29.7 Å². The molecule has 7 nitrogen and oxygen atoms in total. The molecule has 1 N–H and O–H groups in total. The molecular formula is C27H31N5O2. The Morgan fingerprint density at radius 1 is 1.06 bits per heavy atom. The van der Waals surface area contributed by atoms with Gasteiger partial charge in [0.05, 0.1) is 6.54 Å². The van der Waals surface area contributed by atoms with Gasteiger partial charge in [0.2, 0.25) is 11.8 Å². The average Bonchev–Trinajstić information content (AvgIpc) is 3.51. The number of nitrogens with zero attached hydrogens (tertiary/aromatic N) is 4. The standard InChI is InChI=1S/C27H31N5O2/c1-27(2,3)26-30-25(34-31-26)11-6-10-24(33)28-18-22-8-4-5-9-23(22)21-14-12-20(13-15-21)19-32-17-7-16-29-32/h4-5,7-9,12-17H,6,10-11,18-19H2,1-3H3,(H,28,33). The van der Waals surface area contributed by atoms with Crippen LogP contribution in [-0.4, -0.2) is 25.8 Å². The summed E-state index contributed by atoms with van der Waals surface area (Å²) in [5.41, 5.74) is 4.37. The highest BCUT2D eigenvalue weighted by Gasteiger charge is 2.20. The van der Waals surface area contributed by atoms with E-state index in [4.69, 9.17) is 4.52 Å². The first-order chi connectivity index (χ1) is 16.4. The minimum Gasteiger partial charge on any atom is -0.352 e. The van der Waals surface area contributed by atoms with Gasteiger partial charge in [-0.1, -0.05) is 74.5 Å². The SMILES string of the molecule is CC(C)(C)c1noc(CCCC(=O)NCc2ccccc2-c2ccc(Cn3cccn3)cc2)n1. The minimum atomic E-state index is -0.146. The summed E-state index contributed by atoms with van der Waals surface area (Å²) in [6, 6.07) is 18.6. The lowest BCUT2D eigenvalue weighted by atomic mass is 9.96. The van der Waals surface area contributed by atoms with Crippen LogP contribution in [0.2, 0.25) is 0 Å². The van der Waals surface area contributed by atoms with Crippen molar-refractivity contribution in [1.82, 2.24) is 25.2 Å². The number of nitrogens with one attached hydrogen (secondary N) is 1. The van der Waals surface area contributed by atoms with E-state index in [-0.39, 0.29) is 11.3 Å². The molecule has 0 saturated heterocycles. The molecule has 7 heteroatoms. The zero-order valence-electron chi connectivity index (χ0n) is 20.0. The topological polar surface area (TPSA) is 85.8 Å². The molecule has 0 spiro atoms. The van der Waals surface area contributed by atoms with E-state index in [1.807, 2.05) is 49.8 Å².